The average Bonchev–Trinajstić information content (AvgIpc) is 2.83. The Balaban J connectivity index is 2.55. The second-order valence-electron chi connectivity index (χ2n) is 4.93. The smallest absolute Gasteiger partial charge is 0.377 e. The van der Waals surface area contributed by atoms with E-state index in [1.165, 1.54) is 0 Å². The van der Waals surface area contributed by atoms with Crippen molar-refractivity contribution in [1.82, 2.24) is 0 Å². The van der Waals surface area contributed by atoms with Crippen molar-refractivity contribution in [3.63, 3.8) is 0 Å². The number of aliphatic hydroxyl groups excluding tert-OH is 8. The number of ether oxygens (including phenoxy) is 2. The van der Waals surface area contributed by atoms with Gasteiger partial charge in [-0.25, -0.2) is 9.59 Å². The molecule has 12 heteroatoms. The molecule has 0 spiro atoms. The maximum absolute atomic E-state index is 11.5. The summed E-state index contributed by atoms with van der Waals surface area (Å²) in [5, 5.41) is 74.0. The van der Waals surface area contributed by atoms with Crippen molar-refractivity contribution in [3.8, 4) is 0 Å². The molecule has 1 heterocycles. The van der Waals surface area contributed by atoms with Gasteiger partial charge in [0.25, 0.3) is 0 Å². The van der Waals surface area contributed by atoms with Gasteiger partial charge in [-0.15, -0.1) is 0 Å². The summed E-state index contributed by atoms with van der Waals surface area (Å²) in [5.74, 6) is -4.88. The lowest BCUT2D eigenvalue weighted by molar-refractivity contribution is -0.175. The van der Waals surface area contributed by atoms with Gasteiger partial charge in [0.05, 0.1) is 6.61 Å². The van der Waals surface area contributed by atoms with Gasteiger partial charge in [0.2, 0.25) is 5.76 Å². The second-order valence-corrected chi connectivity index (χ2v) is 4.93. The highest BCUT2D eigenvalue weighted by Gasteiger charge is 2.40. The van der Waals surface area contributed by atoms with E-state index in [2.05, 4.69) is 9.47 Å². The van der Waals surface area contributed by atoms with Crippen LogP contribution in [0.1, 0.15) is 0 Å². The first-order chi connectivity index (χ1) is 11.1. The standard InChI is InChI=1S/C12H18O12/c13-1-3(14)5(16)6(17)8(19)11(21)23-2-4(15)10-7(18)9(20)12(22)24-10/h3-6,8,10,13-20H,1-2H2/t3-,4+,5+,6+,8-,10-/m1/s1. The van der Waals surface area contributed by atoms with Crippen LogP contribution < -0.4 is 0 Å². The molecule has 12 nitrogen and oxygen atoms in total. The minimum atomic E-state index is -2.32. The summed E-state index contributed by atoms with van der Waals surface area (Å²) < 4.78 is 8.83. The third-order valence-corrected chi connectivity index (χ3v) is 3.18. The third kappa shape index (κ3) is 4.31. The molecule has 1 rings (SSSR count). The SMILES string of the molecule is O=C1O[C@H]([C@@H](O)COC(=O)[C@H](O)[C@@H](O)[C@@H](O)[C@H](O)CO)C(O)=C1O. The fourth-order valence-corrected chi connectivity index (χ4v) is 1.73. The van der Waals surface area contributed by atoms with Crippen LogP contribution in [-0.4, -0.2) is 103 Å². The van der Waals surface area contributed by atoms with Gasteiger partial charge in [0.1, 0.15) is 31.0 Å². The van der Waals surface area contributed by atoms with Gasteiger partial charge >= 0.3 is 11.9 Å². The average molecular weight is 354 g/mol. The summed E-state index contributed by atoms with van der Waals surface area (Å²) in [6.07, 6.45) is -11.9. The van der Waals surface area contributed by atoms with Crippen LogP contribution in [0.4, 0.5) is 0 Å². The number of rotatable bonds is 8. The Bertz CT molecular complexity index is 502. The molecule has 0 unspecified atom stereocenters. The van der Waals surface area contributed by atoms with E-state index < -0.39 is 73.3 Å². The highest BCUT2D eigenvalue weighted by atomic mass is 16.6. The van der Waals surface area contributed by atoms with E-state index in [9.17, 15) is 35.1 Å². The Hall–Kier alpha value is -1.96. The Morgan fingerprint density at radius 3 is 2.17 bits per heavy atom. The molecule has 0 amide bonds. The maximum Gasteiger partial charge on any atom is 0.377 e. The van der Waals surface area contributed by atoms with Gasteiger partial charge in [-0.1, -0.05) is 0 Å². The fraction of sp³-hybridized carbons (Fsp3) is 0.667. The molecule has 0 aromatic heterocycles. The molecule has 138 valence electrons. The van der Waals surface area contributed by atoms with Crippen molar-refractivity contribution in [3.05, 3.63) is 11.5 Å². The van der Waals surface area contributed by atoms with E-state index in [0.717, 1.165) is 0 Å². The summed E-state index contributed by atoms with van der Waals surface area (Å²) in [7, 11) is 0. The molecule has 0 saturated carbocycles. The molecule has 0 saturated heterocycles. The quantitative estimate of drug-likeness (QED) is 0.194. The van der Waals surface area contributed by atoms with Crippen LogP contribution >= 0.6 is 0 Å². The van der Waals surface area contributed by atoms with Crippen LogP contribution in [-0.2, 0) is 19.1 Å². The molecule has 0 radical (unpaired) electrons. The first-order valence-corrected chi connectivity index (χ1v) is 6.62. The molecular weight excluding hydrogens is 336 g/mol. The van der Waals surface area contributed by atoms with E-state index >= 15 is 0 Å². The summed E-state index contributed by atoms with van der Waals surface area (Å²) in [6, 6.07) is 0. The topological polar surface area (TPSA) is 214 Å². The van der Waals surface area contributed by atoms with Crippen molar-refractivity contribution in [1.29, 1.82) is 0 Å². The minimum absolute atomic E-state index is 0.906. The molecule has 0 aromatic rings. The number of carbonyl (C=O) groups is 2. The van der Waals surface area contributed by atoms with Crippen molar-refractivity contribution >= 4 is 11.9 Å². The number of cyclic esters (lactones) is 1. The predicted octanol–water partition coefficient (Wildman–Crippen LogP) is -4.42. The molecular formula is C12H18O12. The number of esters is 2. The van der Waals surface area contributed by atoms with E-state index in [4.69, 9.17) is 15.3 Å². The second kappa shape index (κ2) is 8.23. The third-order valence-electron chi connectivity index (χ3n) is 3.18. The summed E-state index contributed by atoms with van der Waals surface area (Å²) >= 11 is 0. The molecule has 1 aliphatic heterocycles. The number of carbonyl (C=O) groups excluding carboxylic acids is 2. The Kier molecular flexibility index (Phi) is 6.89. The van der Waals surface area contributed by atoms with Gasteiger partial charge in [0.15, 0.2) is 18.0 Å². The van der Waals surface area contributed by atoms with Crippen LogP contribution in [0.2, 0.25) is 0 Å². The van der Waals surface area contributed by atoms with Crippen molar-refractivity contribution in [2.75, 3.05) is 13.2 Å². The number of hydrogen-bond acceptors (Lipinski definition) is 12. The summed E-state index contributed by atoms with van der Waals surface area (Å²) in [5.41, 5.74) is 0. The lowest BCUT2D eigenvalue weighted by Gasteiger charge is -2.25. The zero-order valence-corrected chi connectivity index (χ0v) is 12.1. The minimum Gasteiger partial charge on any atom is -0.505 e. The first-order valence-electron chi connectivity index (χ1n) is 6.62. The zero-order valence-electron chi connectivity index (χ0n) is 12.1. The highest BCUT2D eigenvalue weighted by molar-refractivity contribution is 5.89. The summed E-state index contributed by atoms with van der Waals surface area (Å²) in [4.78, 5) is 22.4. The van der Waals surface area contributed by atoms with Crippen LogP contribution in [0.15, 0.2) is 11.5 Å². The molecule has 1 aliphatic rings. The van der Waals surface area contributed by atoms with Gasteiger partial charge in [-0.3, -0.25) is 0 Å². The van der Waals surface area contributed by atoms with Crippen molar-refractivity contribution in [2.24, 2.45) is 0 Å². The van der Waals surface area contributed by atoms with Crippen LogP contribution in [0.3, 0.4) is 0 Å². The Morgan fingerprint density at radius 1 is 1.12 bits per heavy atom. The molecule has 24 heavy (non-hydrogen) atoms. The van der Waals surface area contributed by atoms with E-state index in [0.29, 0.717) is 0 Å². The monoisotopic (exact) mass is 354 g/mol. The van der Waals surface area contributed by atoms with Gasteiger partial charge in [0, 0.05) is 0 Å². The van der Waals surface area contributed by atoms with Crippen LogP contribution in [0.25, 0.3) is 0 Å². The molecule has 0 fully saturated rings. The summed E-state index contributed by atoms with van der Waals surface area (Å²) in [6.45, 7) is -1.85. The van der Waals surface area contributed by atoms with E-state index in [1.807, 2.05) is 0 Å². The lowest BCUT2D eigenvalue weighted by Crippen LogP contribution is -2.49. The maximum atomic E-state index is 11.5. The largest absolute Gasteiger partial charge is 0.505 e. The first kappa shape index (κ1) is 20.1. The lowest BCUT2D eigenvalue weighted by atomic mass is 10.0. The Morgan fingerprint density at radius 2 is 1.71 bits per heavy atom. The molecule has 6 atom stereocenters. The van der Waals surface area contributed by atoms with Crippen molar-refractivity contribution < 1.29 is 59.9 Å². The predicted molar refractivity (Wildman–Crippen MR) is 70.2 cm³/mol. The number of aliphatic hydroxyl groups is 8. The van der Waals surface area contributed by atoms with Crippen molar-refractivity contribution in [2.45, 2.75) is 36.6 Å². The van der Waals surface area contributed by atoms with Crippen LogP contribution in [0, 0.1) is 0 Å². The zero-order chi connectivity index (χ0) is 18.6. The fourth-order valence-electron chi connectivity index (χ4n) is 1.73. The van der Waals surface area contributed by atoms with Gasteiger partial charge in [-0.2, -0.15) is 0 Å². The van der Waals surface area contributed by atoms with Gasteiger partial charge in [-0.05, 0) is 0 Å². The Labute approximate surface area is 134 Å². The molecule has 0 aromatic carbocycles. The van der Waals surface area contributed by atoms with Crippen LogP contribution in [0.5, 0.6) is 0 Å². The molecule has 0 aliphatic carbocycles. The molecule has 8 N–H and O–H groups in total. The highest BCUT2D eigenvalue weighted by Crippen LogP contribution is 2.21. The van der Waals surface area contributed by atoms with E-state index in [1.54, 1.807) is 0 Å². The molecule has 0 bridgehead atoms. The number of hydrogen-bond donors (Lipinski definition) is 8. The van der Waals surface area contributed by atoms with E-state index in [-0.39, 0.29) is 0 Å². The van der Waals surface area contributed by atoms with Gasteiger partial charge < -0.3 is 50.3 Å². The normalized spacial score (nSPS) is 24.1.